The summed E-state index contributed by atoms with van der Waals surface area (Å²) in [6.07, 6.45) is 0.218. The third-order valence-electron chi connectivity index (χ3n) is 5.64. The number of fused-ring (bicyclic) bond motifs is 1. The van der Waals surface area contributed by atoms with E-state index in [1.165, 1.54) is 4.31 Å². The lowest BCUT2D eigenvalue weighted by molar-refractivity contribution is -0.128. The lowest BCUT2D eigenvalue weighted by Gasteiger charge is -2.35. The number of nitrogens with zero attached hydrogens (tertiary/aromatic N) is 1. The van der Waals surface area contributed by atoms with E-state index in [9.17, 15) is 13.2 Å². The summed E-state index contributed by atoms with van der Waals surface area (Å²) < 4.78 is 32.3. The Balaban J connectivity index is 1.87. The van der Waals surface area contributed by atoms with Gasteiger partial charge in [0.15, 0.2) is 6.10 Å². The summed E-state index contributed by atoms with van der Waals surface area (Å²) in [5, 5.41) is 2.98. The van der Waals surface area contributed by atoms with Crippen LogP contribution < -0.4 is 14.4 Å². The molecule has 2 atom stereocenters. The number of rotatable bonds is 4. The first-order chi connectivity index (χ1) is 14.3. The normalized spacial score (nSPS) is 17.5. The van der Waals surface area contributed by atoms with E-state index in [4.69, 9.17) is 4.74 Å². The molecule has 0 spiro atoms. The van der Waals surface area contributed by atoms with Crippen LogP contribution in [0.5, 0.6) is 5.75 Å². The number of ether oxygens (including phenoxy) is 1. The van der Waals surface area contributed by atoms with Crippen molar-refractivity contribution in [1.82, 2.24) is 5.32 Å². The van der Waals surface area contributed by atoms with Gasteiger partial charge in [-0.05, 0) is 55.0 Å². The Morgan fingerprint density at radius 2 is 1.84 bits per heavy atom. The van der Waals surface area contributed by atoms with Gasteiger partial charge >= 0.3 is 0 Å². The van der Waals surface area contributed by atoms with Gasteiger partial charge < -0.3 is 10.1 Å². The summed E-state index contributed by atoms with van der Waals surface area (Å²) in [6.45, 7) is 12.1. The number of anilines is 1. The maximum Gasteiger partial charge on any atom is 0.263 e. The molecule has 1 N–H and O–H groups in total. The van der Waals surface area contributed by atoms with Gasteiger partial charge in [0.2, 0.25) is 10.0 Å². The van der Waals surface area contributed by atoms with Gasteiger partial charge in [-0.2, -0.15) is 0 Å². The highest BCUT2D eigenvalue weighted by atomic mass is 32.2. The summed E-state index contributed by atoms with van der Waals surface area (Å²) in [5.74, 6) is 0.0515. The Bertz CT molecular complexity index is 1100. The SMILES string of the molecule is Cc1ccc([C@H](C)NC(=O)[C@H]2CN(S(C)(=O)=O)c3cc(C(C)(C)C)ccc3O2)c(C)c1. The molecule has 0 aromatic heterocycles. The molecule has 3 rings (SSSR count). The van der Waals surface area contributed by atoms with Gasteiger partial charge in [0.25, 0.3) is 5.91 Å². The second-order valence-electron chi connectivity index (χ2n) is 9.42. The number of nitrogens with one attached hydrogen (secondary N) is 1. The monoisotopic (exact) mass is 444 g/mol. The number of carbonyl (C=O) groups excluding carboxylic acids is 1. The fourth-order valence-corrected chi connectivity index (χ4v) is 4.77. The van der Waals surface area contributed by atoms with Gasteiger partial charge in [-0.3, -0.25) is 9.10 Å². The second-order valence-corrected chi connectivity index (χ2v) is 11.3. The van der Waals surface area contributed by atoms with Gasteiger partial charge in [-0.15, -0.1) is 0 Å². The minimum Gasteiger partial charge on any atom is -0.476 e. The Kier molecular flexibility index (Phi) is 6.11. The van der Waals surface area contributed by atoms with E-state index < -0.39 is 16.1 Å². The molecule has 2 aromatic carbocycles. The van der Waals surface area contributed by atoms with Crippen molar-refractivity contribution in [3.05, 3.63) is 58.7 Å². The number of amides is 1. The van der Waals surface area contributed by atoms with Crippen LogP contribution in [-0.2, 0) is 20.2 Å². The fourth-order valence-electron chi connectivity index (χ4n) is 3.86. The van der Waals surface area contributed by atoms with Crippen LogP contribution in [0.15, 0.2) is 36.4 Å². The standard InChI is InChI=1S/C24H32N2O4S/c1-15-8-10-19(16(2)12-15)17(3)25-23(27)22-14-26(31(7,28)29)20-13-18(24(4,5)6)9-11-21(20)30-22/h8-13,17,22H,14H2,1-7H3,(H,25,27)/t17-,22+/m0/s1. The zero-order chi connectivity index (χ0) is 23.1. The predicted octanol–water partition coefficient (Wildman–Crippen LogP) is 4.01. The molecule has 6 nitrogen and oxygen atoms in total. The molecule has 1 amide bonds. The van der Waals surface area contributed by atoms with Crippen molar-refractivity contribution in [2.24, 2.45) is 0 Å². The van der Waals surface area contributed by atoms with Gasteiger partial charge in [-0.25, -0.2) is 8.42 Å². The van der Waals surface area contributed by atoms with Crippen LogP contribution in [0.1, 0.15) is 56.0 Å². The first-order valence-corrected chi connectivity index (χ1v) is 12.3. The molecule has 0 unspecified atom stereocenters. The number of aryl methyl sites for hydroxylation is 2. The highest BCUT2D eigenvalue weighted by Gasteiger charge is 2.36. The van der Waals surface area contributed by atoms with Crippen LogP contribution in [0, 0.1) is 13.8 Å². The summed E-state index contributed by atoms with van der Waals surface area (Å²) in [4.78, 5) is 13.0. The molecule has 31 heavy (non-hydrogen) atoms. The van der Waals surface area contributed by atoms with Gasteiger partial charge in [0.1, 0.15) is 5.75 Å². The average Bonchev–Trinajstić information content (AvgIpc) is 2.64. The number of sulfonamides is 1. The van der Waals surface area contributed by atoms with Crippen LogP contribution >= 0.6 is 0 Å². The molecule has 168 valence electrons. The molecule has 1 aliphatic rings. The summed E-state index contributed by atoms with van der Waals surface area (Å²) >= 11 is 0. The molecule has 0 aliphatic carbocycles. The number of carbonyl (C=O) groups is 1. The highest BCUT2D eigenvalue weighted by Crippen LogP contribution is 2.38. The van der Waals surface area contributed by atoms with E-state index in [1.807, 2.05) is 45.0 Å². The van der Waals surface area contributed by atoms with Crippen LogP contribution in [0.3, 0.4) is 0 Å². The first kappa shape index (κ1) is 23.1. The smallest absolute Gasteiger partial charge is 0.263 e. The number of benzene rings is 2. The van der Waals surface area contributed by atoms with Crippen LogP contribution in [-0.4, -0.2) is 33.2 Å². The molecule has 0 radical (unpaired) electrons. The van der Waals surface area contributed by atoms with E-state index >= 15 is 0 Å². The van der Waals surface area contributed by atoms with Crippen molar-refractivity contribution in [1.29, 1.82) is 0 Å². The van der Waals surface area contributed by atoms with Gasteiger partial charge in [-0.1, -0.05) is 50.6 Å². The highest BCUT2D eigenvalue weighted by molar-refractivity contribution is 7.92. The zero-order valence-electron chi connectivity index (χ0n) is 19.3. The van der Waals surface area contributed by atoms with Crippen molar-refractivity contribution in [3.8, 4) is 5.75 Å². The molecule has 0 bridgehead atoms. The average molecular weight is 445 g/mol. The lowest BCUT2D eigenvalue weighted by atomic mass is 9.86. The predicted molar refractivity (Wildman–Crippen MR) is 124 cm³/mol. The van der Waals surface area contributed by atoms with E-state index in [0.29, 0.717) is 11.4 Å². The van der Waals surface area contributed by atoms with Crippen LogP contribution in [0.2, 0.25) is 0 Å². The maximum absolute atomic E-state index is 13.0. The van der Waals surface area contributed by atoms with E-state index in [0.717, 1.165) is 28.5 Å². The largest absolute Gasteiger partial charge is 0.476 e. The second kappa shape index (κ2) is 8.19. The fraction of sp³-hybridized carbons (Fsp3) is 0.458. The van der Waals surface area contributed by atoms with Crippen molar-refractivity contribution in [2.45, 2.75) is 59.1 Å². The summed E-state index contributed by atoms with van der Waals surface area (Å²) in [5.41, 5.74) is 4.59. The Morgan fingerprint density at radius 3 is 2.42 bits per heavy atom. The van der Waals surface area contributed by atoms with Crippen molar-refractivity contribution in [3.63, 3.8) is 0 Å². The third kappa shape index (κ3) is 5.03. The number of hydrogen-bond donors (Lipinski definition) is 1. The van der Waals surface area contributed by atoms with Gasteiger partial charge in [0.05, 0.1) is 24.5 Å². The molecule has 1 aliphatic heterocycles. The first-order valence-electron chi connectivity index (χ1n) is 10.4. The Morgan fingerprint density at radius 1 is 1.16 bits per heavy atom. The molecule has 0 saturated carbocycles. The van der Waals surface area contributed by atoms with Crippen molar-refractivity contribution in [2.75, 3.05) is 17.1 Å². The quantitative estimate of drug-likeness (QED) is 0.773. The minimum atomic E-state index is -3.59. The summed E-state index contributed by atoms with van der Waals surface area (Å²) in [6, 6.07) is 11.4. The maximum atomic E-state index is 13.0. The van der Waals surface area contributed by atoms with E-state index in [1.54, 1.807) is 6.07 Å². The van der Waals surface area contributed by atoms with Crippen LogP contribution in [0.4, 0.5) is 5.69 Å². The molecule has 0 fully saturated rings. The van der Waals surface area contributed by atoms with E-state index in [2.05, 4.69) is 32.2 Å². The molecule has 7 heteroatoms. The van der Waals surface area contributed by atoms with Gasteiger partial charge in [0, 0.05) is 0 Å². The molecular formula is C24H32N2O4S. The van der Waals surface area contributed by atoms with E-state index in [-0.39, 0.29) is 23.9 Å². The zero-order valence-corrected chi connectivity index (χ0v) is 20.1. The molecule has 1 heterocycles. The minimum absolute atomic E-state index is 0.0646. The topological polar surface area (TPSA) is 75.7 Å². The van der Waals surface area contributed by atoms with Crippen LogP contribution in [0.25, 0.3) is 0 Å². The number of hydrogen-bond acceptors (Lipinski definition) is 4. The van der Waals surface area contributed by atoms with Crippen molar-refractivity contribution < 1.29 is 17.9 Å². The Labute approximate surface area is 185 Å². The lowest BCUT2D eigenvalue weighted by Crippen LogP contribution is -2.51. The summed E-state index contributed by atoms with van der Waals surface area (Å²) in [7, 11) is -3.59. The molecular weight excluding hydrogens is 412 g/mol. The third-order valence-corrected chi connectivity index (χ3v) is 6.78. The molecule has 2 aromatic rings. The Hall–Kier alpha value is -2.54. The van der Waals surface area contributed by atoms with Crippen molar-refractivity contribution >= 4 is 21.6 Å². The molecule has 0 saturated heterocycles.